The highest BCUT2D eigenvalue weighted by atomic mass is 32.2. The van der Waals surface area contributed by atoms with Crippen LogP contribution in [0.5, 0.6) is 0 Å². The van der Waals surface area contributed by atoms with Crippen molar-refractivity contribution in [1.82, 2.24) is 9.44 Å². The summed E-state index contributed by atoms with van der Waals surface area (Å²) in [5.41, 5.74) is 4.59. The molecule has 0 radical (unpaired) electrons. The standard InChI is InChI=1S/C28H40N2O4S2/c1-19(2)35(31,32)29-27-9-5-7-25(27)23-15-11-21(12-16-23)22-13-17-24(18-14-22)26-8-6-10-28(26)30-36(33,34)20(3)4/h11-20,25-30H,5-10H2,1-4H3/t25-,26?,27+,28?/m0/s1. The first-order chi connectivity index (χ1) is 17.0. The Morgan fingerprint density at radius 3 is 1.22 bits per heavy atom. The van der Waals surface area contributed by atoms with Crippen LogP contribution in [0.2, 0.25) is 0 Å². The van der Waals surface area contributed by atoms with E-state index < -0.39 is 30.5 Å². The molecule has 6 nitrogen and oxygen atoms in total. The predicted octanol–water partition coefficient (Wildman–Crippen LogP) is 5.28. The Balaban J connectivity index is 1.45. The van der Waals surface area contributed by atoms with Crippen molar-refractivity contribution in [2.24, 2.45) is 0 Å². The van der Waals surface area contributed by atoms with Gasteiger partial charge in [-0.05, 0) is 75.6 Å². The molecule has 2 aliphatic rings. The normalized spacial score (nSPS) is 25.2. The molecule has 2 N–H and O–H groups in total. The highest BCUT2D eigenvalue weighted by molar-refractivity contribution is 7.90. The fourth-order valence-electron chi connectivity index (χ4n) is 5.54. The topological polar surface area (TPSA) is 92.3 Å². The van der Waals surface area contributed by atoms with E-state index in [0.717, 1.165) is 49.7 Å². The Bertz CT molecular complexity index is 1140. The average molecular weight is 533 g/mol. The number of benzene rings is 2. The maximum Gasteiger partial charge on any atom is 0.214 e. The van der Waals surface area contributed by atoms with Crippen molar-refractivity contribution in [2.75, 3.05) is 0 Å². The fourth-order valence-corrected chi connectivity index (χ4v) is 7.49. The molecule has 0 bridgehead atoms. The zero-order valence-electron chi connectivity index (χ0n) is 21.8. The zero-order chi connectivity index (χ0) is 26.1. The second-order valence-corrected chi connectivity index (χ2v) is 15.5. The molecule has 2 aromatic carbocycles. The Morgan fingerprint density at radius 1 is 0.583 bits per heavy atom. The fraction of sp³-hybridized carbons (Fsp3) is 0.571. The van der Waals surface area contributed by atoms with Gasteiger partial charge in [0.05, 0.1) is 10.5 Å². The van der Waals surface area contributed by atoms with Gasteiger partial charge in [-0.1, -0.05) is 61.4 Å². The molecule has 2 unspecified atom stereocenters. The molecule has 0 heterocycles. The van der Waals surface area contributed by atoms with Crippen LogP contribution in [-0.2, 0) is 20.0 Å². The summed E-state index contributed by atoms with van der Waals surface area (Å²) in [6, 6.07) is 16.9. The van der Waals surface area contributed by atoms with Crippen molar-refractivity contribution >= 4 is 20.0 Å². The molecule has 2 aromatic rings. The number of nitrogens with one attached hydrogen (secondary N) is 2. The van der Waals surface area contributed by atoms with Crippen LogP contribution in [0.1, 0.15) is 89.2 Å². The molecule has 4 rings (SSSR count). The second kappa shape index (κ2) is 10.9. The monoisotopic (exact) mass is 532 g/mol. The molecular weight excluding hydrogens is 492 g/mol. The zero-order valence-corrected chi connectivity index (χ0v) is 23.4. The molecule has 0 amide bonds. The van der Waals surface area contributed by atoms with Gasteiger partial charge in [0.2, 0.25) is 20.0 Å². The van der Waals surface area contributed by atoms with Crippen molar-refractivity contribution in [3.05, 3.63) is 59.7 Å². The van der Waals surface area contributed by atoms with E-state index >= 15 is 0 Å². The number of sulfonamides is 2. The van der Waals surface area contributed by atoms with Gasteiger partial charge in [-0.3, -0.25) is 0 Å². The minimum absolute atomic E-state index is 0.0463. The Hall–Kier alpha value is -1.74. The van der Waals surface area contributed by atoms with Crippen molar-refractivity contribution in [3.63, 3.8) is 0 Å². The SMILES string of the molecule is CC(C)S(=O)(=O)NC1CCCC1c1ccc(-c2ccc([C@@H]3CCC[C@H]3NS(=O)(=O)C(C)C)cc2)cc1. The molecule has 2 saturated carbocycles. The van der Waals surface area contributed by atoms with E-state index in [1.165, 1.54) is 11.1 Å². The summed E-state index contributed by atoms with van der Waals surface area (Å²) < 4.78 is 55.5. The lowest BCUT2D eigenvalue weighted by atomic mass is 9.91. The van der Waals surface area contributed by atoms with Gasteiger partial charge in [0.25, 0.3) is 0 Å². The molecule has 0 aromatic heterocycles. The lowest BCUT2D eigenvalue weighted by Gasteiger charge is -2.23. The van der Waals surface area contributed by atoms with E-state index in [0.29, 0.717) is 0 Å². The molecule has 0 saturated heterocycles. The molecular formula is C28H40N2O4S2. The van der Waals surface area contributed by atoms with Gasteiger partial charge in [-0.25, -0.2) is 26.3 Å². The molecule has 2 aliphatic carbocycles. The summed E-state index contributed by atoms with van der Waals surface area (Å²) in [6.45, 7) is 6.85. The quantitative estimate of drug-likeness (QED) is 0.460. The summed E-state index contributed by atoms with van der Waals surface area (Å²) in [5, 5.41) is -0.863. The van der Waals surface area contributed by atoms with Crippen molar-refractivity contribution in [3.8, 4) is 11.1 Å². The van der Waals surface area contributed by atoms with E-state index in [4.69, 9.17) is 0 Å². The first-order valence-electron chi connectivity index (χ1n) is 13.2. The van der Waals surface area contributed by atoms with Crippen molar-refractivity contribution in [1.29, 1.82) is 0 Å². The molecule has 0 spiro atoms. The summed E-state index contributed by atoms with van der Waals surface area (Å²) in [5.74, 6) is 0.396. The lowest BCUT2D eigenvalue weighted by molar-refractivity contribution is 0.518. The van der Waals surface area contributed by atoms with Crippen molar-refractivity contribution < 1.29 is 16.8 Å². The van der Waals surface area contributed by atoms with Crippen LogP contribution in [-0.4, -0.2) is 39.4 Å². The molecule has 2 fully saturated rings. The highest BCUT2D eigenvalue weighted by Gasteiger charge is 2.34. The highest BCUT2D eigenvalue weighted by Crippen LogP contribution is 2.38. The number of hydrogen-bond acceptors (Lipinski definition) is 4. The summed E-state index contributed by atoms with van der Waals surface area (Å²) >= 11 is 0. The summed E-state index contributed by atoms with van der Waals surface area (Å²) in [4.78, 5) is 0. The molecule has 0 aliphatic heterocycles. The van der Waals surface area contributed by atoms with Crippen LogP contribution in [0.25, 0.3) is 11.1 Å². The first kappa shape index (κ1) is 27.3. The Labute approximate surface area is 217 Å². The van der Waals surface area contributed by atoms with Gasteiger partial charge < -0.3 is 0 Å². The summed E-state index contributed by atoms with van der Waals surface area (Å²) in [6.07, 6.45) is 5.76. The third-order valence-electron chi connectivity index (χ3n) is 7.92. The average Bonchev–Trinajstić information content (AvgIpc) is 3.48. The largest absolute Gasteiger partial charge is 0.214 e. The van der Waals surface area contributed by atoms with Gasteiger partial charge >= 0.3 is 0 Å². The van der Waals surface area contributed by atoms with E-state index in [-0.39, 0.29) is 23.9 Å². The van der Waals surface area contributed by atoms with E-state index in [2.05, 4.69) is 58.0 Å². The van der Waals surface area contributed by atoms with Gasteiger partial charge in [-0.2, -0.15) is 0 Å². The number of rotatable bonds is 9. The molecule has 198 valence electrons. The van der Waals surface area contributed by atoms with Gasteiger partial charge in [0.15, 0.2) is 0 Å². The maximum atomic E-state index is 12.4. The second-order valence-electron chi connectivity index (χ2n) is 11.0. The van der Waals surface area contributed by atoms with Crippen LogP contribution in [0.15, 0.2) is 48.5 Å². The molecule has 36 heavy (non-hydrogen) atoms. The van der Waals surface area contributed by atoms with Crippen LogP contribution < -0.4 is 9.44 Å². The first-order valence-corrected chi connectivity index (χ1v) is 16.3. The van der Waals surface area contributed by atoms with E-state index in [1.54, 1.807) is 27.7 Å². The van der Waals surface area contributed by atoms with Crippen LogP contribution in [0.4, 0.5) is 0 Å². The van der Waals surface area contributed by atoms with Crippen LogP contribution in [0, 0.1) is 0 Å². The van der Waals surface area contributed by atoms with Crippen molar-refractivity contribution in [2.45, 2.75) is 101 Å². The smallest absolute Gasteiger partial charge is 0.212 e. The number of hydrogen-bond donors (Lipinski definition) is 2. The molecule has 4 atom stereocenters. The minimum Gasteiger partial charge on any atom is -0.212 e. The minimum atomic E-state index is -3.29. The van der Waals surface area contributed by atoms with Gasteiger partial charge in [0.1, 0.15) is 0 Å². The maximum absolute atomic E-state index is 12.4. The van der Waals surface area contributed by atoms with Crippen LogP contribution >= 0.6 is 0 Å². The molecule has 8 heteroatoms. The van der Waals surface area contributed by atoms with Crippen LogP contribution in [0.3, 0.4) is 0 Å². The van der Waals surface area contributed by atoms with E-state index in [9.17, 15) is 16.8 Å². The summed E-state index contributed by atoms with van der Waals surface area (Å²) in [7, 11) is -6.58. The predicted molar refractivity (Wildman–Crippen MR) is 147 cm³/mol. The lowest BCUT2D eigenvalue weighted by Crippen LogP contribution is -2.40. The van der Waals surface area contributed by atoms with Gasteiger partial charge in [-0.15, -0.1) is 0 Å². The Kier molecular flexibility index (Phi) is 8.29. The Morgan fingerprint density at radius 2 is 0.917 bits per heavy atom. The van der Waals surface area contributed by atoms with Gasteiger partial charge in [0, 0.05) is 23.9 Å². The third-order valence-corrected chi connectivity index (χ3v) is 11.7. The third kappa shape index (κ3) is 6.04. The van der Waals surface area contributed by atoms with E-state index in [1.807, 2.05) is 0 Å².